The summed E-state index contributed by atoms with van der Waals surface area (Å²) in [6, 6.07) is 8.11. The van der Waals surface area contributed by atoms with Gasteiger partial charge in [-0.25, -0.2) is 22.8 Å². The van der Waals surface area contributed by atoms with Crippen molar-refractivity contribution in [2.24, 2.45) is 0 Å². The van der Waals surface area contributed by atoms with E-state index in [-0.39, 0.29) is 29.7 Å². The molecule has 1 unspecified atom stereocenters. The molecule has 40 heavy (non-hydrogen) atoms. The third-order valence-corrected chi connectivity index (χ3v) is 7.90. The fraction of sp³-hybridized carbons (Fsp3) is 0.400. The number of carbonyl (C=O) groups is 2. The van der Waals surface area contributed by atoms with E-state index in [9.17, 15) is 23.5 Å². The SMILES string of the molecule is CCOC1=CC=C(c2ccc(F)c(F)c2)C(F)(CN2CCC3(CC2)CN(c2ccc(C(=O)O)c(C)c2)C(=O)O3)C1. The summed E-state index contributed by atoms with van der Waals surface area (Å²) >= 11 is 0. The van der Waals surface area contributed by atoms with Crippen molar-refractivity contribution in [2.45, 2.75) is 44.4 Å². The Morgan fingerprint density at radius 2 is 1.85 bits per heavy atom. The zero-order valence-corrected chi connectivity index (χ0v) is 22.4. The summed E-state index contributed by atoms with van der Waals surface area (Å²) in [6.45, 7) is 5.10. The second-order valence-corrected chi connectivity index (χ2v) is 10.6. The number of carboxylic acids is 1. The van der Waals surface area contributed by atoms with Crippen LogP contribution < -0.4 is 4.90 Å². The minimum atomic E-state index is -1.91. The number of ether oxygens (including phenoxy) is 2. The number of halogens is 3. The quantitative estimate of drug-likeness (QED) is 0.459. The summed E-state index contributed by atoms with van der Waals surface area (Å²) in [6.07, 6.45) is 3.66. The van der Waals surface area contributed by atoms with Crippen LogP contribution in [-0.4, -0.2) is 66.1 Å². The fourth-order valence-electron chi connectivity index (χ4n) is 5.81. The molecule has 10 heteroatoms. The molecule has 1 N–H and O–H groups in total. The smallest absolute Gasteiger partial charge is 0.415 e. The first-order valence-corrected chi connectivity index (χ1v) is 13.3. The van der Waals surface area contributed by atoms with E-state index in [1.54, 1.807) is 31.2 Å². The number of carboxylic acid groups (broad SMARTS) is 1. The number of piperidine rings is 1. The molecule has 3 aliphatic rings. The maximum atomic E-state index is 16.8. The molecule has 0 radical (unpaired) electrons. The lowest BCUT2D eigenvalue weighted by Gasteiger charge is -2.41. The number of anilines is 1. The molecule has 1 aliphatic carbocycles. The van der Waals surface area contributed by atoms with Crippen molar-refractivity contribution in [3.05, 3.63) is 82.6 Å². The lowest BCUT2D eigenvalue weighted by Crippen LogP contribution is -2.51. The molecule has 2 saturated heterocycles. The van der Waals surface area contributed by atoms with E-state index in [0.29, 0.717) is 56.1 Å². The Morgan fingerprint density at radius 1 is 1.10 bits per heavy atom. The van der Waals surface area contributed by atoms with Crippen LogP contribution in [-0.2, 0) is 9.47 Å². The summed E-state index contributed by atoms with van der Waals surface area (Å²) in [4.78, 5) is 27.6. The molecular weight excluding hydrogens is 525 g/mol. The molecule has 1 amide bonds. The molecule has 0 saturated carbocycles. The highest BCUT2D eigenvalue weighted by Gasteiger charge is 2.49. The predicted molar refractivity (Wildman–Crippen MR) is 143 cm³/mol. The summed E-state index contributed by atoms with van der Waals surface area (Å²) in [7, 11) is 0. The molecule has 1 atom stereocenters. The fourth-order valence-corrected chi connectivity index (χ4v) is 5.81. The first-order chi connectivity index (χ1) is 19.0. The maximum Gasteiger partial charge on any atom is 0.415 e. The summed E-state index contributed by atoms with van der Waals surface area (Å²) < 4.78 is 55.8. The maximum absolute atomic E-state index is 16.8. The molecule has 2 fully saturated rings. The van der Waals surface area contributed by atoms with Crippen LogP contribution in [0.3, 0.4) is 0 Å². The standard InChI is InChI=1S/C30H31F3N2O5/c1-3-39-22-6-8-24(20-4-9-25(31)26(32)15-20)30(33,16-22)18-34-12-10-29(11-13-34)17-35(28(38)40-29)21-5-7-23(27(36)37)19(2)14-21/h4-9,14-15H,3,10-13,16-18H2,1-2H3,(H,36,37). The average Bonchev–Trinajstić information content (AvgIpc) is 3.22. The lowest BCUT2D eigenvalue weighted by atomic mass is 9.81. The third-order valence-electron chi connectivity index (χ3n) is 7.90. The molecule has 0 aromatic heterocycles. The number of rotatable bonds is 7. The van der Waals surface area contributed by atoms with Gasteiger partial charge in [0, 0.05) is 44.6 Å². The molecule has 2 aromatic carbocycles. The second-order valence-electron chi connectivity index (χ2n) is 10.6. The van der Waals surface area contributed by atoms with Crippen molar-refractivity contribution >= 4 is 23.3 Å². The van der Waals surface area contributed by atoms with Crippen LogP contribution >= 0.6 is 0 Å². The molecule has 2 heterocycles. The van der Waals surface area contributed by atoms with Gasteiger partial charge in [-0.1, -0.05) is 12.1 Å². The number of alkyl halides is 1. The monoisotopic (exact) mass is 556 g/mol. The molecule has 1 spiro atoms. The first kappa shape index (κ1) is 27.8. The Balaban J connectivity index is 1.29. The van der Waals surface area contributed by atoms with E-state index >= 15 is 4.39 Å². The molecule has 212 valence electrons. The number of amides is 1. The zero-order chi connectivity index (χ0) is 28.7. The van der Waals surface area contributed by atoms with Crippen molar-refractivity contribution < 1.29 is 37.3 Å². The number of hydrogen-bond acceptors (Lipinski definition) is 5. The van der Waals surface area contributed by atoms with E-state index in [1.807, 2.05) is 11.8 Å². The molecule has 7 nitrogen and oxygen atoms in total. The zero-order valence-electron chi connectivity index (χ0n) is 22.4. The Kier molecular flexibility index (Phi) is 7.39. The first-order valence-electron chi connectivity index (χ1n) is 13.3. The van der Waals surface area contributed by atoms with Gasteiger partial charge in [0.1, 0.15) is 5.60 Å². The van der Waals surface area contributed by atoms with Gasteiger partial charge in [0.05, 0.1) is 24.5 Å². The number of aryl methyl sites for hydroxylation is 1. The number of nitrogens with zero attached hydrogens (tertiary/aromatic N) is 2. The normalized spacial score (nSPS) is 22.6. The van der Waals surface area contributed by atoms with Gasteiger partial charge >= 0.3 is 12.1 Å². The highest BCUT2D eigenvalue weighted by molar-refractivity contribution is 5.93. The van der Waals surface area contributed by atoms with Crippen LogP contribution in [0.1, 0.15) is 47.7 Å². The second kappa shape index (κ2) is 10.6. The molecule has 5 rings (SSSR count). The van der Waals surface area contributed by atoms with Gasteiger partial charge in [-0.2, -0.15) is 0 Å². The van der Waals surface area contributed by atoms with Crippen molar-refractivity contribution in [1.82, 2.24) is 4.90 Å². The molecule has 2 aromatic rings. The van der Waals surface area contributed by atoms with E-state index < -0.39 is 35.0 Å². The van der Waals surface area contributed by atoms with Crippen LogP contribution in [0, 0.1) is 18.6 Å². The number of benzene rings is 2. The number of likely N-dealkylation sites (tertiary alicyclic amines) is 1. The largest absolute Gasteiger partial charge is 0.498 e. The van der Waals surface area contributed by atoms with Crippen LogP contribution in [0.25, 0.3) is 5.57 Å². The molecular formula is C30H31F3N2O5. The molecule has 2 aliphatic heterocycles. The van der Waals surface area contributed by atoms with Crippen LogP contribution in [0.2, 0.25) is 0 Å². The Morgan fingerprint density at radius 3 is 2.50 bits per heavy atom. The van der Waals surface area contributed by atoms with Gasteiger partial charge in [-0.05, 0) is 67.0 Å². The van der Waals surface area contributed by atoms with Crippen LogP contribution in [0.5, 0.6) is 0 Å². The number of allylic oxidation sites excluding steroid dienone is 3. The minimum absolute atomic E-state index is 0.00578. The predicted octanol–water partition coefficient (Wildman–Crippen LogP) is 5.88. The van der Waals surface area contributed by atoms with Crippen LogP contribution in [0.15, 0.2) is 54.3 Å². The van der Waals surface area contributed by atoms with E-state index in [1.165, 1.54) is 17.0 Å². The van der Waals surface area contributed by atoms with Gasteiger partial charge in [-0.15, -0.1) is 0 Å². The van der Waals surface area contributed by atoms with Gasteiger partial charge in [0.15, 0.2) is 17.3 Å². The highest BCUT2D eigenvalue weighted by Crippen LogP contribution is 2.43. The molecule has 0 bridgehead atoms. The lowest BCUT2D eigenvalue weighted by molar-refractivity contribution is -0.00966. The van der Waals surface area contributed by atoms with Crippen molar-refractivity contribution in [1.29, 1.82) is 0 Å². The average molecular weight is 557 g/mol. The Hall–Kier alpha value is -3.79. The van der Waals surface area contributed by atoms with Crippen molar-refractivity contribution in [3.8, 4) is 0 Å². The Bertz CT molecular complexity index is 1400. The van der Waals surface area contributed by atoms with Crippen molar-refractivity contribution in [3.63, 3.8) is 0 Å². The van der Waals surface area contributed by atoms with Gasteiger partial charge in [-0.3, -0.25) is 9.80 Å². The number of carbonyl (C=O) groups excluding carboxylic acids is 1. The minimum Gasteiger partial charge on any atom is -0.498 e. The van der Waals surface area contributed by atoms with E-state index in [4.69, 9.17) is 9.47 Å². The van der Waals surface area contributed by atoms with Crippen LogP contribution in [0.4, 0.5) is 23.7 Å². The summed E-state index contributed by atoms with van der Waals surface area (Å²) in [5, 5.41) is 9.30. The number of hydrogen-bond donors (Lipinski definition) is 1. The van der Waals surface area contributed by atoms with Crippen molar-refractivity contribution in [2.75, 3.05) is 37.7 Å². The third kappa shape index (κ3) is 5.32. The van der Waals surface area contributed by atoms with Gasteiger partial charge in [0.25, 0.3) is 0 Å². The summed E-state index contributed by atoms with van der Waals surface area (Å²) in [5.74, 6) is -2.59. The van der Waals surface area contributed by atoms with E-state index in [2.05, 4.69) is 0 Å². The van der Waals surface area contributed by atoms with Gasteiger partial charge < -0.3 is 14.6 Å². The number of aromatic carboxylic acids is 1. The van der Waals surface area contributed by atoms with E-state index in [0.717, 1.165) is 12.1 Å². The topological polar surface area (TPSA) is 79.3 Å². The Labute approximate surface area is 230 Å². The highest BCUT2D eigenvalue weighted by atomic mass is 19.2. The summed E-state index contributed by atoms with van der Waals surface area (Å²) in [5.41, 5.74) is -0.845. The van der Waals surface area contributed by atoms with Gasteiger partial charge in [0.2, 0.25) is 0 Å².